The third-order valence-corrected chi connectivity index (χ3v) is 6.00. The van der Waals surface area contributed by atoms with E-state index in [0.717, 1.165) is 29.2 Å². The molecule has 3 N–H and O–H groups in total. The summed E-state index contributed by atoms with van der Waals surface area (Å²) in [6.07, 6.45) is 2.38. The molecule has 1 aliphatic heterocycles. The van der Waals surface area contributed by atoms with Crippen molar-refractivity contribution in [2.45, 2.75) is 72.1 Å². The highest BCUT2D eigenvalue weighted by Crippen LogP contribution is 2.20. The number of nitrogens with one attached hydrogen (secondary N) is 3. The van der Waals surface area contributed by atoms with E-state index in [0.29, 0.717) is 26.2 Å². The van der Waals surface area contributed by atoms with Crippen molar-refractivity contribution in [1.29, 1.82) is 0 Å². The molecule has 2 aromatic carbocycles. The van der Waals surface area contributed by atoms with Crippen LogP contribution in [0, 0.1) is 5.92 Å². The average Bonchev–Trinajstić information content (AvgIpc) is 2.84. The van der Waals surface area contributed by atoms with E-state index in [2.05, 4.69) is 16.2 Å². The minimum Gasteiger partial charge on any atom is -0.452 e. The van der Waals surface area contributed by atoms with Crippen LogP contribution >= 0.6 is 0 Å². The summed E-state index contributed by atoms with van der Waals surface area (Å²) in [5.74, 6) is -0.371. The molecule has 39 heavy (non-hydrogen) atoms. The van der Waals surface area contributed by atoms with Crippen LogP contribution in [0.15, 0.2) is 42.5 Å². The second-order valence-electron chi connectivity index (χ2n) is 11.7. The van der Waals surface area contributed by atoms with Crippen LogP contribution in [0.25, 0.3) is 10.8 Å². The van der Waals surface area contributed by atoms with Gasteiger partial charge in [-0.15, -0.1) is 0 Å². The number of rotatable bonds is 7. The summed E-state index contributed by atoms with van der Waals surface area (Å²) in [5, 5.41) is 5.05. The predicted octanol–water partition coefficient (Wildman–Crippen LogP) is 4.13. The number of carbonyl (C=O) groups is 3. The van der Waals surface area contributed by atoms with Crippen molar-refractivity contribution < 1.29 is 28.7 Å². The van der Waals surface area contributed by atoms with Gasteiger partial charge in [0.05, 0.1) is 6.54 Å². The third-order valence-electron chi connectivity index (χ3n) is 6.00. The number of nitrogens with zero attached hydrogens (tertiary/aromatic N) is 2. The Morgan fingerprint density at radius 1 is 0.949 bits per heavy atom. The van der Waals surface area contributed by atoms with Gasteiger partial charge in [-0.25, -0.2) is 14.4 Å². The molecule has 0 unspecified atom stereocenters. The number of likely N-dealkylation sites (tertiary alicyclic amines) is 1. The monoisotopic (exact) mass is 540 g/mol. The Kier molecular flexibility index (Phi) is 9.77. The zero-order valence-electron chi connectivity index (χ0n) is 23.9. The number of hydrazine groups is 2. The summed E-state index contributed by atoms with van der Waals surface area (Å²) in [6, 6.07) is 13.5. The molecule has 1 heterocycles. The van der Waals surface area contributed by atoms with Gasteiger partial charge in [-0.2, -0.15) is 5.43 Å². The molecule has 0 radical (unpaired) electrons. The van der Waals surface area contributed by atoms with Gasteiger partial charge in [0.2, 0.25) is 0 Å². The van der Waals surface area contributed by atoms with Gasteiger partial charge in [-0.1, -0.05) is 47.9 Å². The van der Waals surface area contributed by atoms with Gasteiger partial charge < -0.3 is 19.7 Å². The Hall–Kier alpha value is -3.82. The van der Waals surface area contributed by atoms with Crippen LogP contribution < -0.4 is 16.2 Å². The first kappa shape index (κ1) is 29.7. The highest BCUT2D eigenvalue weighted by molar-refractivity contribution is 6.21. The number of esters is 1. The first-order valence-electron chi connectivity index (χ1n) is 13.4. The molecule has 1 saturated heterocycles. The molecule has 0 aliphatic carbocycles. The third kappa shape index (κ3) is 10.1. The molecule has 3 rings (SSSR count). The van der Waals surface area contributed by atoms with E-state index < -0.39 is 23.2 Å². The second-order valence-corrected chi connectivity index (χ2v) is 11.7. The van der Waals surface area contributed by atoms with Crippen LogP contribution in [0.4, 0.5) is 9.59 Å². The molecule has 0 spiro atoms. The lowest BCUT2D eigenvalue weighted by Gasteiger charge is -2.33. The fourth-order valence-electron chi connectivity index (χ4n) is 4.20. The van der Waals surface area contributed by atoms with Crippen LogP contribution in [0.5, 0.6) is 0 Å². The van der Waals surface area contributed by atoms with E-state index in [-0.39, 0.29) is 12.0 Å². The number of benzene rings is 2. The van der Waals surface area contributed by atoms with Crippen molar-refractivity contribution in [3.8, 4) is 0 Å². The fraction of sp³-hybridized carbons (Fsp3) is 0.517. The quantitative estimate of drug-likeness (QED) is 0.211. The average molecular weight is 541 g/mol. The van der Waals surface area contributed by atoms with Gasteiger partial charge in [0, 0.05) is 24.4 Å². The Bertz CT molecular complexity index is 1190. The van der Waals surface area contributed by atoms with Crippen molar-refractivity contribution in [1.82, 2.24) is 21.1 Å². The number of urea groups is 1. The van der Waals surface area contributed by atoms with Gasteiger partial charge in [-0.3, -0.25) is 0 Å². The first-order chi connectivity index (χ1) is 18.3. The van der Waals surface area contributed by atoms with Crippen molar-refractivity contribution >= 4 is 35.1 Å². The Balaban J connectivity index is 1.57. The molecule has 0 saturated carbocycles. The van der Waals surface area contributed by atoms with Gasteiger partial charge in [-0.05, 0) is 76.6 Å². The molecule has 0 bridgehead atoms. The molecule has 10 heteroatoms. The number of fused-ring (bicyclic) bond motifs is 1. The molecule has 0 atom stereocenters. The SMILES string of the molecule is CC(C)(C)OC(=O)C=[N+](NCc1cccc2ccccc12)NC(=O)NCC1CCN(C(=O)OC(C)(C)C)CC1. The highest BCUT2D eigenvalue weighted by Gasteiger charge is 2.27. The van der Waals surface area contributed by atoms with Crippen LogP contribution in [-0.4, -0.2) is 64.8 Å². The number of hydrazone groups is 2. The number of piperidine rings is 1. The van der Waals surface area contributed by atoms with E-state index in [4.69, 9.17) is 9.47 Å². The zero-order valence-corrected chi connectivity index (χ0v) is 23.9. The van der Waals surface area contributed by atoms with Gasteiger partial charge >= 0.3 is 24.3 Å². The Morgan fingerprint density at radius 3 is 2.26 bits per heavy atom. The van der Waals surface area contributed by atoms with Gasteiger partial charge in [0.25, 0.3) is 0 Å². The Morgan fingerprint density at radius 2 is 1.59 bits per heavy atom. The van der Waals surface area contributed by atoms with Crippen LogP contribution in [0.2, 0.25) is 0 Å². The van der Waals surface area contributed by atoms with Crippen molar-refractivity contribution in [3.05, 3.63) is 48.0 Å². The molecule has 2 aromatic rings. The summed E-state index contributed by atoms with van der Waals surface area (Å²) in [7, 11) is 0. The zero-order chi connectivity index (χ0) is 28.6. The summed E-state index contributed by atoms with van der Waals surface area (Å²) < 4.78 is 10.8. The van der Waals surface area contributed by atoms with Crippen LogP contribution in [0.1, 0.15) is 59.9 Å². The van der Waals surface area contributed by atoms with Crippen molar-refractivity contribution in [2.75, 3.05) is 19.6 Å². The maximum Gasteiger partial charge on any atom is 0.410 e. The second kappa shape index (κ2) is 12.8. The maximum atomic E-state index is 12.8. The smallest absolute Gasteiger partial charge is 0.410 e. The number of carbonyl (C=O) groups excluding carboxylic acids is 3. The fourth-order valence-corrected chi connectivity index (χ4v) is 4.20. The van der Waals surface area contributed by atoms with Crippen molar-refractivity contribution in [2.24, 2.45) is 5.92 Å². The van der Waals surface area contributed by atoms with E-state index in [1.165, 1.54) is 11.0 Å². The summed E-state index contributed by atoms with van der Waals surface area (Å²) in [4.78, 5) is 40.5. The number of amides is 3. The Labute approximate surface area is 230 Å². The largest absolute Gasteiger partial charge is 0.452 e. The van der Waals surface area contributed by atoms with Gasteiger partial charge in [0.1, 0.15) is 11.2 Å². The standard InChI is InChI=1S/C29H41N5O5/c1-28(2,3)38-25(35)20-34(31-19-23-12-9-11-22-10-7-8-13-24(22)23)32-26(36)30-18-21-14-16-33(17-15-21)27(37)39-29(4,5)6/h7-13,20-21H,14-19H2,1-6H3,(H2-,30,31,32,35,36)/p+1. The first-order valence-corrected chi connectivity index (χ1v) is 13.4. The van der Waals surface area contributed by atoms with Crippen LogP contribution in [-0.2, 0) is 20.8 Å². The lowest BCUT2D eigenvalue weighted by Crippen LogP contribution is -2.50. The van der Waals surface area contributed by atoms with E-state index in [9.17, 15) is 14.4 Å². The molecular formula is C29H42N5O5+. The minimum atomic E-state index is -0.675. The summed E-state index contributed by atoms with van der Waals surface area (Å²) in [6.45, 7) is 12.8. The number of hydrogen-bond acceptors (Lipinski definition) is 6. The number of hydrogen-bond donors (Lipinski definition) is 3. The molecular weight excluding hydrogens is 498 g/mol. The topological polar surface area (TPSA) is 112 Å². The van der Waals surface area contributed by atoms with Crippen molar-refractivity contribution in [3.63, 3.8) is 0 Å². The molecule has 1 fully saturated rings. The molecule has 212 valence electrons. The van der Waals surface area contributed by atoms with Gasteiger partial charge in [0.15, 0.2) is 0 Å². The molecule has 0 aromatic heterocycles. The lowest BCUT2D eigenvalue weighted by atomic mass is 9.97. The van der Waals surface area contributed by atoms with E-state index in [1.54, 1.807) is 25.7 Å². The lowest BCUT2D eigenvalue weighted by molar-refractivity contribution is -0.626. The molecule has 3 amide bonds. The normalized spacial score (nSPS) is 15.0. The van der Waals surface area contributed by atoms with E-state index in [1.807, 2.05) is 63.2 Å². The molecule has 1 aliphatic rings. The summed E-state index contributed by atoms with van der Waals surface area (Å²) in [5.41, 5.74) is 5.58. The maximum absolute atomic E-state index is 12.8. The van der Waals surface area contributed by atoms with Crippen LogP contribution in [0.3, 0.4) is 0 Å². The van der Waals surface area contributed by atoms with E-state index >= 15 is 0 Å². The minimum absolute atomic E-state index is 0.223. The summed E-state index contributed by atoms with van der Waals surface area (Å²) >= 11 is 0. The number of ether oxygens (including phenoxy) is 2. The molecule has 10 nitrogen and oxygen atoms in total. The predicted molar refractivity (Wildman–Crippen MR) is 150 cm³/mol. The highest BCUT2D eigenvalue weighted by atomic mass is 16.6.